The number of rotatable bonds is 62. The lowest BCUT2D eigenvalue weighted by Crippen LogP contribution is -2.65. The molecule has 0 aliphatic carbocycles. The normalized spacial score (nSPS) is 23.4. The molecule has 510 valence electrons. The molecule has 2 saturated heterocycles. The van der Waals surface area contributed by atoms with E-state index in [9.17, 15) is 45.6 Å². The average molecular weight is 1230 g/mol. The molecule has 86 heavy (non-hydrogen) atoms. The van der Waals surface area contributed by atoms with Crippen LogP contribution in [0.15, 0.2) is 12.2 Å². The highest BCUT2D eigenvalue weighted by Gasteiger charge is 2.51. The molecule has 0 radical (unpaired) electrons. The zero-order valence-electron chi connectivity index (χ0n) is 55.6. The summed E-state index contributed by atoms with van der Waals surface area (Å²) in [4.78, 5) is 13.3. The molecule has 2 fully saturated rings. The van der Waals surface area contributed by atoms with Crippen molar-refractivity contribution in [3.8, 4) is 0 Å². The van der Waals surface area contributed by atoms with E-state index in [0.29, 0.717) is 0 Å². The first-order valence-corrected chi connectivity index (χ1v) is 36.9. The minimum Gasteiger partial charge on any atom is -0.394 e. The van der Waals surface area contributed by atoms with Gasteiger partial charge in [-0.05, 0) is 19.3 Å². The predicted molar refractivity (Wildman–Crippen MR) is 351 cm³/mol. The molecule has 1 amide bonds. The smallest absolute Gasteiger partial charge is 0.220 e. The molecule has 12 unspecified atom stereocenters. The molecule has 0 bridgehead atoms. The Labute approximate surface area is 526 Å². The molecule has 14 nitrogen and oxygen atoms in total. The van der Waals surface area contributed by atoms with E-state index < -0.39 is 86.8 Å². The SMILES string of the molecule is CCCCCCCCCCCCCCCCCCCCCCC/C=C/C(O)C(COC1OC(CO)C(OC2OC(CO)C(O)C(O)C2O)C(O)C1O)NC(=O)CCCCCCCCCCCCCCCCCCCCCCCCCCCCCCC. The first-order valence-electron chi connectivity index (χ1n) is 36.9. The Balaban J connectivity index is 1.65. The molecule has 9 N–H and O–H groups in total. The van der Waals surface area contributed by atoms with Crippen molar-refractivity contribution in [2.75, 3.05) is 19.8 Å². The summed E-state index contributed by atoms with van der Waals surface area (Å²) in [6.07, 6.45) is 54.2. The topological polar surface area (TPSA) is 228 Å². The Bertz CT molecular complexity index is 1490. The van der Waals surface area contributed by atoms with Gasteiger partial charge in [-0.15, -0.1) is 0 Å². The summed E-state index contributed by atoms with van der Waals surface area (Å²) in [6, 6.07) is -0.911. The van der Waals surface area contributed by atoms with Crippen LogP contribution in [0.1, 0.15) is 348 Å². The lowest BCUT2D eigenvalue weighted by atomic mass is 9.97. The minimum absolute atomic E-state index is 0.230. The van der Waals surface area contributed by atoms with Gasteiger partial charge in [0, 0.05) is 6.42 Å². The van der Waals surface area contributed by atoms with E-state index in [1.54, 1.807) is 6.08 Å². The summed E-state index contributed by atoms with van der Waals surface area (Å²) < 4.78 is 22.9. The molecular weight excluding hydrogens is 1090 g/mol. The molecule has 12 atom stereocenters. The quantitative estimate of drug-likeness (QED) is 0.0204. The number of aliphatic hydroxyl groups excluding tert-OH is 8. The number of carbonyl (C=O) groups is 1. The van der Waals surface area contributed by atoms with Crippen LogP contribution in [0.25, 0.3) is 0 Å². The van der Waals surface area contributed by atoms with Crippen LogP contribution in [0, 0.1) is 0 Å². The van der Waals surface area contributed by atoms with Gasteiger partial charge < -0.3 is 65.1 Å². The van der Waals surface area contributed by atoms with E-state index >= 15 is 0 Å². The number of aliphatic hydroxyl groups is 8. The van der Waals surface area contributed by atoms with E-state index in [0.717, 1.165) is 44.9 Å². The van der Waals surface area contributed by atoms with Gasteiger partial charge in [0.1, 0.15) is 48.8 Å². The van der Waals surface area contributed by atoms with Gasteiger partial charge in [-0.1, -0.05) is 334 Å². The maximum atomic E-state index is 13.3. The molecule has 0 aromatic carbocycles. The van der Waals surface area contributed by atoms with Gasteiger partial charge in [0.2, 0.25) is 5.91 Å². The van der Waals surface area contributed by atoms with E-state index in [1.165, 1.54) is 283 Å². The highest BCUT2D eigenvalue weighted by Crippen LogP contribution is 2.30. The summed E-state index contributed by atoms with van der Waals surface area (Å²) in [6.45, 7) is 2.87. The molecule has 2 heterocycles. The summed E-state index contributed by atoms with van der Waals surface area (Å²) in [5.41, 5.74) is 0. The van der Waals surface area contributed by atoms with Gasteiger partial charge in [0.15, 0.2) is 12.6 Å². The zero-order valence-corrected chi connectivity index (χ0v) is 55.6. The van der Waals surface area contributed by atoms with Crippen LogP contribution in [-0.4, -0.2) is 140 Å². The van der Waals surface area contributed by atoms with E-state index in [4.69, 9.17) is 18.9 Å². The number of allylic oxidation sites excluding steroid dienone is 1. The Hall–Kier alpha value is -1.27. The van der Waals surface area contributed by atoms with Gasteiger partial charge in [0.05, 0.1) is 32.0 Å². The van der Waals surface area contributed by atoms with Crippen LogP contribution in [-0.2, 0) is 23.7 Å². The Kier molecular flexibility index (Phi) is 54.1. The first kappa shape index (κ1) is 80.8. The molecule has 2 aliphatic rings. The monoisotopic (exact) mass is 1230 g/mol. The second-order valence-electron chi connectivity index (χ2n) is 26.4. The lowest BCUT2D eigenvalue weighted by Gasteiger charge is -2.46. The van der Waals surface area contributed by atoms with Crippen molar-refractivity contribution in [2.45, 2.75) is 421 Å². The largest absolute Gasteiger partial charge is 0.394 e. The Morgan fingerprint density at radius 1 is 0.407 bits per heavy atom. The summed E-state index contributed by atoms with van der Waals surface area (Å²) in [7, 11) is 0. The van der Waals surface area contributed by atoms with Crippen LogP contribution in [0.2, 0.25) is 0 Å². The van der Waals surface area contributed by atoms with Gasteiger partial charge in [-0.25, -0.2) is 0 Å². The average Bonchev–Trinajstić information content (AvgIpc) is 2.46. The van der Waals surface area contributed by atoms with Crippen molar-refractivity contribution in [3.63, 3.8) is 0 Å². The molecule has 0 spiro atoms. The third-order valence-corrected chi connectivity index (χ3v) is 18.5. The van der Waals surface area contributed by atoms with E-state index in [1.807, 2.05) is 6.08 Å². The molecule has 0 aromatic rings. The van der Waals surface area contributed by atoms with Crippen molar-refractivity contribution in [3.05, 3.63) is 12.2 Å². The van der Waals surface area contributed by atoms with Crippen molar-refractivity contribution in [2.24, 2.45) is 0 Å². The second-order valence-corrected chi connectivity index (χ2v) is 26.4. The van der Waals surface area contributed by atoms with Gasteiger partial charge in [-0.2, -0.15) is 0 Å². The summed E-state index contributed by atoms with van der Waals surface area (Å²) >= 11 is 0. The molecule has 0 saturated carbocycles. The number of carbonyl (C=O) groups excluding carboxylic acids is 1. The third kappa shape index (κ3) is 41.3. The van der Waals surface area contributed by atoms with Crippen molar-refractivity contribution >= 4 is 5.91 Å². The van der Waals surface area contributed by atoms with Gasteiger partial charge in [0.25, 0.3) is 0 Å². The third-order valence-electron chi connectivity index (χ3n) is 18.5. The Morgan fingerprint density at radius 3 is 1.07 bits per heavy atom. The number of hydrogen-bond donors (Lipinski definition) is 9. The molecule has 14 heteroatoms. The molecular formula is C72H139NO13. The van der Waals surface area contributed by atoms with E-state index in [-0.39, 0.29) is 18.9 Å². The highest BCUT2D eigenvalue weighted by molar-refractivity contribution is 5.76. The van der Waals surface area contributed by atoms with Crippen LogP contribution in [0.3, 0.4) is 0 Å². The van der Waals surface area contributed by atoms with E-state index in [2.05, 4.69) is 19.2 Å². The number of amides is 1. The fraction of sp³-hybridized carbons (Fsp3) is 0.958. The van der Waals surface area contributed by atoms with Crippen LogP contribution < -0.4 is 5.32 Å². The number of hydrogen-bond acceptors (Lipinski definition) is 13. The van der Waals surface area contributed by atoms with Crippen LogP contribution in [0.4, 0.5) is 0 Å². The van der Waals surface area contributed by atoms with Crippen molar-refractivity contribution in [1.29, 1.82) is 0 Å². The summed E-state index contributed by atoms with van der Waals surface area (Å²) in [5, 5.41) is 87.5. The number of ether oxygens (including phenoxy) is 4. The molecule has 0 aromatic heterocycles. The predicted octanol–water partition coefficient (Wildman–Crippen LogP) is 15.4. The van der Waals surface area contributed by atoms with Gasteiger partial charge >= 0.3 is 0 Å². The Morgan fingerprint density at radius 2 is 0.721 bits per heavy atom. The van der Waals surface area contributed by atoms with Crippen molar-refractivity contribution in [1.82, 2.24) is 5.32 Å². The van der Waals surface area contributed by atoms with Crippen molar-refractivity contribution < 1.29 is 64.6 Å². The zero-order chi connectivity index (χ0) is 62.3. The fourth-order valence-corrected chi connectivity index (χ4v) is 12.6. The molecule has 2 rings (SSSR count). The standard InChI is InChI=1S/C72H139NO13/c1-3-5-7-9-11-13-15-17-19-21-23-25-27-28-29-30-31-32-34-36-38-40-42-44-46-48-50-52-54-56-64(77)73-60(59-83-71-69(82)67(80)70(63(58-75)85-71)86-72-68(81)66(79)65(78)62(57-74)84-72)61(76)55-53-51-49-47-45-43-41-39-37-35-33-26-24-22-20-18-16-14-12-10-8-6-4-2/h53,55,60-63,65-72,74-76,78-82H,3-52,54,56-59H2,1-2H3,(H,73,77)/b55-53+. The number of unbranched alkanes of at least 4 members (excludes halogenated alkanes) is 49. The maximum absolute atomic E-state index is 13.3. The lowest BCUT2D eigenvalue weighted by molar-refractivity contribution is -0.359. The maximum Gasteiger partial charge on any atom is 0.220 e. The second kappa shape index (κ2) is 57.6. The van der Waals surface area contributed by atoms with Gasteiger partial charge in [-0.3, -0.25) is 4.79 Å². The van der Waals surface area contributed by atoms with Crippen LogP contribution in [0.5, 0.6) is 0 Å². The minimum atomic E-state index is -1.79. The first-order chi connectivity index (χ1) is 42.1. The number of nitrogens with one attached hydrogen (secondary N) is 1. The van der Waals surface area contributed by atoms with Crippen LogP contribution >= 0.6 is 0 Å². The summed E-state index contributed by atoms with van der Waals surface area (Å²) in [5.74, 6) is -0.230. The fourth-order valence-electron chi connectivity index (χ4n) is 12.6. The highest BCUT2D eigenvalue weighted by atomic mass is 16.7. The molecule has 2 aliphatic heterocycles.